The van der Waals surface area contributed by atoms with Crippen molar-refractivity contribution in [3.8, 4) is 5.69 Å². The molecule has 0 saturated carbocycles. The molecule has 1 atom stereocenters. The van der Waals surface area contributed by atoms with Crippen molar-refractivity contribution in [3.63, 3.8) is 0 Å². The Kier molecular flexibility index (Phi) is 8.01. The van der Waals surface area contributed by atoms with Crippen LogP contribution >= 0.6 is 23.4 Å². The third-order valence-corrected chi connectivity index (χ3v) is 7.45. The number of anilines is 2. The van der Waals surface area contributed by atoms with Gasteiger partial charge in [-0.15, -0.1) is 10.2 Å². The average molecular weight is 520 g/mol. The highest BCUT2D eigenvalue weighted by Crippen LogP contribution is 2.28. The van der Waals surface area contributed by atoms with Gasteiger partial charge in [-0.2, -0.15) is 0 Å². The quantitative estimate of drug-likeness (QED) is 0.248. The summed E-state index contributed by atoms with van der Waals surface area (Å²) < 4.78 is 2.00. The summed E-state index contributed by atoms with van der Waals surface area (Å²) in [7, 11) is 0. The molecule has 36 heavy (non-hydrogen) atoms. The van der Waals surface area contributed by atoms with Crippen LogP contribution < -0.4 is 10.6 Å². The van der Waals surface area contributed by atoms with Crippen molar-refractivity contribution < 1.29 is 4.79 Å². The molecular weight excluding hydrogens is 490 g/mol. The van der Waals surface area contributed by atoms with Gasteiger partial charge >= 0.3 is 0 Å². The van der Waals surface area contributed by atoms with Crippen LogP contribution in [0.5, 0.6) is 0 Å². The van der Waals surface area contributed by atoms with Gasteiger partial charge in [-0.3, -0.25) is 9.36 Å². The molecule has 4 aromatic rings. The van der Waals surface area contributed by atoms with Crippen molar-refractivity contribution in [1.29, 1.82) is 0 Å². The summed E-state index contributed by atoms with van der Waals surface area (Å²) in [6, 6.07) is 20.0. The van der Waals surface area contributed by atoms with Crippen LogP contribution in [0.15, 0.2) is 65.8 Å². The molecule has 0 spiro atoms. The normalized spacial score (nSPS) is 11.8. The van der Waals surface area contributed by atoms with Gasteiger partial charge in [-0.05, 0) is 75.6 Å². The fourth-order valence-electron chi connectivity index (χ4n) is 3.78. The molecule has 2 N–H and O–H groups in total. The van der Waals surface area contributed by atoms with Gasteiger partial charge in [0.1, 0.15) is 0 Å². The van der Waals surface area contributed by atoms with E-state index in [0.29, 0.717) is 16.7 Å². The number of para-hydroxylation sites is 1. The summed E-state index contributed by atoms with van der Waals surface area (Å²) in [4.78, 5) is 13.1. The Hall–Kier alpha value is -3.29. The Morgan fingerprint density at radius 3 is 2.33 bits per heavy atom. The number of carbonyl (C=O) groups is 1. The van der Waals surface area contributed by atoms with E-state index in [1.165, 1.54) is 11.8 Å². The Balaban J connectivity index is 1.57. The number of aryl methyl sites for hydroxylation is 4. The number of carbonyl (C=O) groups excluding carboxylic acids is 1. The molecule has 6 nitrogen and oxygen atoms in total. The third-order valence-electron chi connectivity index (χ3n) is 6.00. The lowest BCUT2D eigenvalue weighted by Gasteiger charge is -2.16. The van der Waals surface area contributed by atoms with Crippen LogP contribution in [0, 0.1) is 27.7 Å². The molecule has 3 aromatic carbocycles. The highest BCUT2D eigenvalue weighted by Gasteiger charge is 2.22. The summed E-state index contributed by atoms with van der Waals surface area (Å²) in [5.74, 6) is 0.658. The van der Waals surface area contributed by atoms with Crippen molar-refractivity contribution in [3.05, 3.63) is 93.8 Å². The zero-order valence-corrected chi connectivity index (χ0v) is 22.7. The second kappa shape index (κ2) is 11.2. The van der Waals surface area contributed by atoms with Crippen molar-refractivity contribution in [2.75, 3.05) is 10.6 Å². The maximum absolute atomic E-state index is 13.1. The van der Waals surface area contributed by atoms with E-state index in [2.05, 4.69) is 39.9 Å². The van der Waals surface area contributed by atoms with Gasteiger partial charge in [-0.1, -0.05) is 65.3 Å². The minimum Gasteiger partial charge on any atom is -0.378 e. The monoisotopic (exact) mass is 519 g/mol. The first-order valence-corrected chi connectivity index (χ1v) is 13.0. The SMILES string of the molecule is Cc1ccc(-n2c(CNc3ccc(C)c(Cl)c3)nnc2SC(C)C(=O)Nc2c(C)cccc2C)cc1. The number of amides is 1. The Morgan fingerprint density at radius 1 is 0.972 bits per heavy atom. The zero-order chi connectivity index (χ0) is 25.8. The van der Waals surface area contributed by atoms with Gasteiger partial charge in [0, 0.05) is 22.1 Å². The van der Waals surface area contributed by atoms with Gasteiger partial charge in [0.25, 0.3) is 0 Å². The summed E-state index contributed by atoms with van der Waals surface area (Å²) in [6.45, 7) is 10.3. The second-order valence-corrected chi connectivity index (χ2v) is 10.6. The number of rotatable bonds is 8. The minimum absolute atomic E-state index is 0.0789. The van der Waals surface area contributed by atoms with Gasteiger partial charge in [0.05, 0.1) is 11.8 Å². The number of aromatic nitrogens is 3. The van der Waals surface area contributed by atoms with E-state index in [-0.39, 0.29) is 11.2 Å². The van der Waals surface area contributed by atoms with E-state index in [9.17, 15) is 4.79 Å². The first-order chi connectivity index (χ1) is 17.2. The number of halogens is 1. The van der Waals surface area contributed by atoms with Gasteiger partial charge in [0.2, 0.25) is 5.91 Å². The maximum Gasteiger partial charge on any atom is 0.237 e. The molecule has 1 heterocycles. The Labute approximate surface area is 221 Å². The van der Waals surface area contributed by atoms with Crippen molar-refractivity contribution in [2.24, 2.45) is 0 Å². The molecule has 186 valence electrons. The predicted molar refractivity (Wildman–Crippen MR) is 149 cm³/mol. The van der Waals surface area contributed by atoms with E-state index in [1.54, 1.807) is 0 Å². The molecule has 0 aliphatic rings. The topological polar surface area (TPSA) is 71.8 Å². The van der Waals surface area contributed by atoms with Crippen molar-refractivity contribution in [1.82, 2.24) is 14.8 Å². The first kappa shape index (κ1) is 25.8. The van der Waals surface area contributed by atoms with Crippen LogP contribution in [-0.2, 0) is 11.3 Å². The maximum atomic E-state index is 13.1. The summed E-state index contributed by atoms with van der Waals surface area (Å²) >= 11 is 7.68. The standard InChI is InChI=1S/C28H30ClN5OS/c1-17-9-13-23(14-10-17)34-25(16-30-22-12-11-18(2)24(29)15-22)32-33-28(34)36-21(5)27(35)31-26-19(3)7-6-8-20(26)4/h6-15,21,30H,16H2,1-5H3,(H,31,35). The van der Waals surface area contributed by atoms with Crippen LogP contribution in [0.1, 0.15) is 35.0 Å². The van der Waals surface area contributed by atoms with Crippen LogP contribution in [0.2, 0.25) is 5.02 Å². The molecule has 0 bridgehead atoms. The second-order valence-electron chi connectivity index (χ2n) is 8.90. The number of hydrogen-bond acceptors (Lipinski definition) is 5. The molecule has 4 rings (SSSR count). The van der Waals surface area contributed by atoms with Crippen LogP contribution in [-0.4, -0.2) is 25.9 Å². The van der Waals surface area contributed by atoms with E-state index >= 15 is 0 Å². The van der Waals surface area contributed by atoms with E-state index in [1.807, 2.05) is 80.8 Å². The summed E-state index contributed by atoms with van der Waals surface area (Å²) in [5.41, 5.74) is 6.96. The minimum atomic E-state index is -0.380. The zero-order valence-electron chi connectivity index (χ0n) is 21.1. The van der Waals surface area contributed by atoms with Gasteiger partial charge in [-0.25, -0.2) is 0 Å². The lowest BCUT2D eigenvalue weighted by Crippen LogP contribution is -2.24. The smallest absolute Gasteiger partial charge is 0.237 e. The molecule has 0 aliphatic carbocycles. The summed E-state index contributed by atoms with van der Waals surface area (Å²) in [6.07, 6.45) is 0. The lowest BCUT2D eigenvalue weighted by molar-refractivity contribution is -0.115. The number of nitrogens with zero attached hydrogens (tertiary/aromatic N) is 3. The molecular formula is C28H30ClN5OS. The van der Waals surface area contributed by atoms with E-state index < -0.39 is 0 Å². The third kappa shape index (κ3) is 5.91. The molecule has 0 fully saturated rings. The highest BCUT2D eigenvalue weighted by atomic mass is 35.5. The number of benzene rings is 3. The Morgan fingerprint density at radius 2 is 1.67 bits per heavy atom. The fourth-order valence-corrected chi connectivity index (χ4v) is 4.84. The van der Waals surface area contributed by atoms with Crippen molar-refractivity contribution >= 4 is 40.6 Å². The molecule has 0 aliphatic heterocycles. The summed E-state index contributed by atoms with van der Waals surface area (Å²) in [5, 5.41) is 16.4. The fraction of sp³-hybridized carbons (Fsp3) is 0.250. The van der Waals surface area contributed by atoms with Crippen LogP contribution in [0.25, 0.3) is 5.69 Å². The molecule has 1 amide bonds. The average Bonchev–Trinajstić information content (AvgIpc) is 3.24. The Bertz CT molecular complexity index is 1360. The van der Waals surface area contributed by atoms with E-state index in [0.717, 1.165) is 45.1 Å². The molecule has 8 heteroatoms. The largest absolute Gasteiger partial charge is 0.378 e. The molecule has 1 unspecified atom stereocenters. The number of nitrogens with one attached hydrogen (secondary N) is 2. The van der Waals surface area contributed by atoms with Crippen molar-refractivity contribution in [2.45, 2.75) is 51.6 Å². The number of hydrogen-bond donors (Lipinski definition) is 2. The highest BCUT2D eigenvalue weighted by molar-refractivity contribution is 8.00. The molecule has 0 saturated heterocycles. The number of thioether (sulfide) groups is 1. The molecule has 1 aromatic heterocycles. The van der Waals surface area contributed by atoms with Crippen LogP contribution in [0.4, 0.5) is 11.4 Å². The van der Waals surface area contributed by atoms with E-state index in [4.69, 9.17) is 11.6 Å². The first-order valence-electron chi connectivity index (χ1n) is 11.8. The van der Waals surface area contributed by atoms with Crippen LogP contribution in [0.3, 0.4) is 0 Å². The molecule has 0 radical (unpaired) electrons. The lowest BCUT2D eigenvalue weighted by atomic mass is 10.1. The predicted octanol–water partition coefficient (Wildman–Crippen LogP) is 6.89. The van der Waals surface area contributed by atoms with Gasteiger partial charge < -0.3 is 10.6 Å². The van der Waals surface area contributed by atoms with Gasteiger partial charge in [0.15, 0.2) is 11.0 Å².